The summed E-state index contributed by atoms with van der Waals surface area (Å²) in [5, 5.41) is 0. The van der Waals surface area contributed by atoms with Gasteiger partial charge in [0, 0.05) is 44.3 Å². The van der Waals surface area contributed by atoms with Crippen molar-refractivity contribution in [3.05, 3.63) is 28.7 Å². The maximum Gasteiger partial charge on any atom is 0.278 e. The number of carbonyl (C=O) groups is 1. The number of benzene rings is 1. The first-order valence-electron chi connectivity index (χ1n) is 5.95. The highest BCUT2D eigenvalue weighted by Gasteiger charge is 2.15. The van der Waals surface area contributed by atoms with Crippen molar-refractivity contribution in [2.24, 2.45) is 0 Å². The molecule has 0 aromatic heterocycles. The van der Waals surface area contributed by atoms with Gasteiger partial charge in [-0.05, 0) is 18.2 Å². The van der Waals surface area contributed by atoms with Crippen LogP contribution in [0, 0.1) is 0 Å². The maximum atomic E-state index is 11.7. The van der Waals surface area contributed by atoms with Gasteiger partial charge in [0.2, 0.25) is 5.91 Å². The first kappa shape index (κ1) is 17.1. The summed E-state index contributed by atoms with van der Waals surface area (Å²) in [5.74, 6) is -0.146. The normalized spacial score (nSPS) is 11.7. The molecule has 0 bridgehead atoms. The lowest BCUT2D eigenvalue weighted by Crippen LogP contribution is -2.41. The second kappa shape index (κ2) is 7.16. The van der Waals surface area contributed by atoms with Crippen molar-refractivity contribution in [3.63, 3.8) is 0 Å². The van der Waals surface area contributed by atoms with E-state index in [-0.39, 0.29) is 19.0 Å². The summed E-state index contributed by atoms with van der Waals surface area (Å²) in [4.78, 5) is 13.2. The molecule has 8 heteroatoms. The number of halogens is 1. The quantitative estimate of drug-likeness (QED) is 0.825. The standard InChI is InChI=1S/C12H18BrN3O3S/c1-10(17)16(12-6-4-5-11(13)9-12)8-7-14-20(18,19)15(2)3/h4-6,9,14H,7-8H2,1-3H3. The second-order valence-corrected chi connectivity index (χ2v) is 7.22. The number of nitrogens with one attached hydrogen (secondary N) is 1. The Morgan fingerprint density at radius 3 is 2.50 bits per heavy atom. The molecule has 1 amide bonds. The molecule has 112 valence electrons. The van der Waals surface area contributed by atoms with Crippen LogP contribution < -0.4 is 9.62 Å². The van der Waals surface area contributed by atoms with E-state index >= 15 is 0 Å². The van der Waals surface area contributed by atoms with Crippen LogP contribution in [0.2, 0.25) is 0 Å². The van der Waals surface area contributed by atoms with Gasteiger partial charge in [-0.3, -0.25) is 4.79 Å². The lowest BCUT2D eigenvalue weighted by Gasteiger charge is -2.22. The molecule has 0 unspecified atom stereocenters. The zero-order valence-corrected chi connectivity index (χ0v) is 14.0. The largest absolute Gasteiger partial charge is 0.311 e. The molecular formula is C12H18BrN3O3S. The van der Waals surface area contributed by atoms with Crippen LogP contribution in [0.5, 0.6) is 0 Å². The summed E-state index contributed by atoms with van der Waals surface area (Å²) in [7, 11) is -0.586. The molecule has 0 fully saturated rings. The molecule has 0 saturated carbocycles. The number of nitrogens with zero attached hydrogens (tertiary/aromatic N) is 2. The van der Waals surface area contributed by atoms with E-state index in [2.05, 4.69) is 20.7 Å². The zero-order chi connectivity index (χ0) is 15.3. The smallest absolute Gasteiger partial charge is 0.278 e. The highest BCUT2D eigenvalue weighted by Crippen LogP contribution is 2.19. The summed E-state index contributed by atoms with van der Waals surface area (Å²) in [6.07, 6.45) is 0. The van der Waals surface area contributed by atoms with Crippen molar-refractivity contribution in [2.45, 2.75) is 6.92 Å². The van der Waals surface area contributed by atoms with E-state index in [1.807, 2.05) is 18.2 Å². The number of hydrogen-bond donors (Lipinski definition) is 1. The average Bonchev–Trinajstić information content (AvgIpc) is 2.33. The van der Waals surface area contributed by atoms with Crippen molar-refractivity contribution in [2.75, 3.05) is 32.1 Å². The Bertz CT molecular complexity index is 575. The van der Waals surface area contributed by atoms with Crippen LogP contribution in [0.25, 0.3) is 0 Å². The van der Waals surface area contributed by atoms with Gasteiger partial charge < -0.3 is 4.90 Å². The van der Waals surface area contributed by atoms with E-state index < -0.39 is 10.2 Å². The van der Waals surface area contributed by atoms with Gasteiger partial charge in [0.15, 0.2) is 0 Å². The molecule has 0 heterocycles. The van der Waals surface area contributed by atoms with Gasteiger partial charge in [-0.2, -0.15) is 12.7 Å². The van der Waals surface area contributed by atoms with E-state index in [1.165, 1.54) is 25.9 Å². The monoisotopic (exact) mass is 363 g/mol. The van der Waals surface area contributed by atoms with Crippen molar-refractivity contribution in [1.82, 2.24) is 9.03 Å². The van der Waals surface area contributed by atoms with Crippen molar-refractivity contribution >= 4 is 37.7 Å². The van der Waals surface area contributed by atoms with Gasteiger partial charge in [-0.25, -0.2) is 4.72 Å². The lowest BCUT2D eigenvalue weighted by molar-refractivity contribution is -0.116. The van der Waals surface area contributed by atoms with E-state index in [9.17, 15) is 13.2 Å². The second-order valence-electron chi connectivity index (χ2n) is 4.33. The highest BCUT2D eigenvalue weighted by atomic mass is 79.9. The van der Waals surface area contributed by atoms with Gasteiger partial charge in [0.1, 0.15) is 0 Å². The Balaban J connectivity index is 2.73. The van der Waals surface area contributed by atoms with Crippen LogP contribution in [-0.4, -0.2) is 45.8 Å². The molecule has 1 N–H and O–H groups in total. The lowest BCUT2D eigenvalue weighted by atomic mass is 10.3. The van der Waals surface area contributed by atoms with E-state index in [0.717, 1.165) is 14.5 Å². The van der Waals surface area contributed by atoms with E-state index in [1.54, 1.807) is 6.07 Å². The highest BCUT2D eigenvalue weighted by molar-refractivity contribution is 9.10. The number of hydrogen-bond acceptors (Lipinski definition) is 3. The third-order valence-corrected chi connectivity index (χ3v) is 4.62. The minimum Gasteiger partial charge on any atom is -0.311 e. The third-order valence-electron chi connectivity index (χ3n) is 2.60. The average molecular weight is 364 g/mol. The van der Waals surface area contributed by atoms with Crippen molar-refractivity contribution in [3.8, 4) is 0 Å². The fourth-order valence-corrected chi connectivity index (χ4v) is 2.52. The summed E-state index contributed by atoms with van der Waals surface area (Å²) in [6, 6.07) is 7.28. The molecule has 6 nitrogen and oxygen atoms in total. The minimum absolute atomic E-state index is 0.145. The van der Waals surface area contributed by atoms with E-state index in [4.69, 9.17) is 0 Å². The van der Waals surface area contributed by atoms with Crippen LogP contribution in [0.3, 0.4) is 0 Å². The van der Waals surface area contributed by atoms with Crippen molar-refractivity contribution in [1.29, 1.82) is 0 Å². The van der Waals surface area contributed by atoms with Crippen LogP contribution in [-0.2, 0) is 15.0 Å². The molecule has 0 spiro atoms. The Morgan fingerprint density at radius 2 is 2.00 bits per heavy atom. The molecule has 0 aliphatic rings. The Kier molecular flexibility index (Phi) is 6.12. The molecule has 20 heavy (non-hydrogen) atoms. The predicted molar refractivity (Wildman–Crippen MR) is 82.8 cm³/mol. The van der Waals surface area contributed by atoms with Crippen LogP contribution in [0.15, 0.2) is 28.7 Å². The maximum absolute atomic E-state index is 11.7. The fraction of sp³-hybridized carbons (Fsp3) is 0.417. The molecular weight excluding hydrogens is 346 g/mol. The Hall–Kier alpha value is -0.960. The zero-order valence-electron chi connectivity index (χ0n) is 11.6. The van der Waals surface area contributed by atoms with Gasteiger partial charge in [0.05, 0.1) is 0 Å². The number of anilines is 1. The molecule has 1 rings (SSSR count). The fourth-order valence-electron chi connectivity index (χ4n) is 1.53. The molecule has 0 radical (unpaired) electrons. The summed E-state index contributed by atoms with van der Waals surface area (Å²) >= 11 is 3.34. The summed E-state index contributed by atoms with van der Waals surface area (Å²) < 4.78 is 27.5. The third kappa shape index (κ3) is 4.86. The molecule has 0 aliphatic carbocycles. The topological polar surface area (TPSA) is 69.7 Å². The van der Waals surface area contributed by atoms with Gasteiger partial charge in [-0.15, -0.1) is 0 Å². The van der Waals surface area contributed by atoms with Crippen LogP contribution in [0.1, 0.15) is 6.92 Å². The molecule has 1 aromatic carbocycles. The first-order valence-corrected chi connectivity index (χ1v) is 8.18. The predicted octanol–water partition coefficient (Wildman–Crippen LogP) is 1.20. The summed E-state index contributed by atoms with van der Waals surface area (Å²) in [6.45, 7) is 1.85. The number of carbonyl (C=O) groups excluding carboxylic acids is 1. The summed E-state index contributed by atoms with van der Waals surface area (Å²) in [5.41, 5.74) is 0.718. The SMILES string of the molecule is CC(=O)N(CCNS(=O)(=O)N(C)C)c1cccc(Br)c1. The van der Waals surface area contributed by atoms with Gasteiger partial charge >= 0.3 is 0 Å². The van der Waals surface area contributed by atoms with Crippen LogP contribution in [0.4, 0.5) is 5.69 Å². The molecule has 0 aliphatic heterocycles. The molecule has 0 atom stereocenters. The van der Waals surface area contributed by atoms with Crippen molar-refractivity contribution < 1.29 is 13.2 Å². The minimum atomic E-state index is -3.47. The van der Waals surface area contributed by atoms with Gasteiger partial charge in [0.25, 0.3) is 10.2 Å². The molecule has 1 aromatic rings. The first-order chi connectivity index (χ1) is 9.24. The molecule has 0 saturated heterocycles. The Morgan fingerprint density at radius 1 is 1.35 bits per heavy atom. The number of rotatable bonds is 6. The number of amides is 1. The Labute approximate surface area is 128 Å². The van der Waals surface area contributed by atoms with E-state index in [0.29, 0.717) is 0 Å². The van der Waals surface area contributed by atoms with Gasteiger partial charge in [-0.1, -0.05) is 22.0 Å². The van der Waals surface area contributed by atoms with Crippen LogP contribution >= 0.6 is 15.9 Å².